The predicted octanol–water partition coefficient (Wildman–Crippen LogP) is 0.340. The Morgan fingerprint density at radius 1 is 1.50 bits per heavy atom. The maximum atomic E-state index is 12.0. The van der Waals surface area contributed by atoms with Crippen molar-refractivity contribution in [2.75, 3.05) is 18.6 Å². The largest absolute Gasteiger partial charge is 0.378 e. The highest BCUT2D eigenvalue weighted by atomic mass is 32.2. The second-order valence-corrected chi connectivity index (χ2v) is 7.36. The highest BCUT2D eigenvalue weighted by Crippen LogP contribution is 2.17. The van der Waals surface area contributed by atoms with Crippen LogP contribution in [-0.4, -0.2) is 50.2 Å². The van der Waals surface area contributed by atoms with Gasteiger partial charge in [-0.05, 0) is 5.92 Å². The van der Waals surface area contributed by atoms with Crippen molar-refractivity contribution in [2.45, 2.75) is 31.9 Å². The Bertz CT molecular complexity index is 593. The number of rotatable bonds is 4. The average molecular weight is 302 g/mol. The number of methoxy groups -OCH3 is 1. The Kier molecular flexibility index (Phi) is 4.14. The van der Waals surface area contributed by atoms with Crippen LogP contribution in [0.3, 0.4) is 0 Å². The molecule has 112 valence electrons. The van der Waals surface area contributed by atoms with E-state index in [4.69, 9.17) is 9.26 Å². The number of hydrogen-bond acceptors (Lipinski definition) is 6. The molecule has 7 nitrogen and oxygen atoms in total. The van der Waals surface area contributed by atoms with E-state index in [2.05, 4.69) is 10.5 Å². The zero-order valence-electron chi connectivity index (χ0n) is 11.6. The van der Waals surface area contributed by atoms with Gasteiger partial charge in [0.2, 0.25) is 5.76 Å². The molecule has 1 aliphatic heterocycles. The van der Waals surface area contributed by atoms with Crippen molar-refractivity contribution in [3.63, 3.8) is 0 Å². The SMILES string of the molecule is CO[C@@H]1CS(=O)(=O)C[C@H]1NC(=O)c1cc(C(C)C)no1. The van der Waals surface area contributed by atoms with E-state index in [0.717, 1.165) is 0 Å². The summed E-state index contributed by atoms with van der Waals surface area (Å²) < 4.78 is 33.2. The Morgan fingerprint density at radius 2 is 2.20 bits per heavy atom. The maximum Gasteiger partial charge on any atom is 0.290 e. The molecule has 20 heavy (non-hydrogen) atoms. The third kappa shape index (κ3) is 3.18. The van der Waals surface area contributed by atoms with E-state index >= 15 is 0 Å². The summed E-state index contributed by atoms with van der Waals surface area (Å²) in [5.41, 5.74) is 0.678. The third-order valence-electron chi connectivity index (χ3n) is 3.26. The summed E-state index contributed by atoms with van der Waals surface area (Å²) in [4.78, 5) is 12.0. The lowest BCUT2D eigenvalue weighted by molar-refractivity contribution is 0.0759. The lowest BCUT2D eigenvalue weighted by Crippen LogP contribution is -2.43. The smallest absolute Gasteiger partial charge is 0.290 e. The van der Waals surface area contributed by atoms with Crippen molar-refractivity contribution in [1.29, 1.82) is 0 Å². The average Bonchev–Trinajstić information content (AvgIpc) is 2.93. The summed E-state index contributed by atoms with van der Waals surface area (Å²) in [5.74, 6) is -0.454. The lowest BCUT2D eigenvalue weighted by Gasteiger charge is -2.16. The molecule has 2 atom stereocenters. The highest BCUT2D eigenvalue weighted by molar-refractivity contribution is 7.91. The molecule has 1 aromatic rings. The van der Waals surface area contributed by atoms with Gasteiger partial charge in [0.05, 0.1) is 29.3 Å². The van der Waals surface area contributed by atoms with Gasteiger partial charge in [0.25, 0.3) is 5.91 Å². The first-order valence-electron chi connectivity index (χ1n) is 6.33. The fourth-order valence-corrected chi connectivity index (χ4v) is 3.94. The van der Waals surface area contributed by atoms with Gasteiger partial charge in [0.1, 0.15) is 0 Å². The molecule has 1 fully saturated rings. The summed E-state index contributed by atoms with van der Waals surface area (Å²) in [7, 11) is -1.75. The van der Waals surface area contributed by atoms with Gasteiger partial charge in [-0.15, -0.1) is 0 Å². The van der Waals surface area contributed by atoms with Crippen molar-refractivity contribution >= 4 is 15.7 Å². The molecule has 1 aliphatic rings. The standard InChI is InChI=1S/C12H18N2O5S/c1-7(2)8-4-10(19-14-8)12(15)13-9-5-20(16,17)6-11(9)18-3/h4,7,9,11H,5-6H2,1-3H3,(H,13,15)/t9-,11-/m1/s1. The Labute approximate surface area is 117 Å². The molecule has 8 heteroatoms. The number of nitrogens with one attached hydrogen (secondary N) is 1. The molecule has 2 heterocycles. The van der Waals surface area contributed by atoms with E-state index < -0.39 is 27.9 Å². The zero-order chi connectivity index (χ0) is 14.9. The van der Waals surface area contributed by atoms with Crippen LogP contribution in [0.15, 0.2) is 10.6 Å². The lowest BCUT2D eigenvalue weighted by atomic mass is 10.1. The van der Waals surface area contributed by atoms with E-state index in [-0.39, 0.29) is 23.2 Å². The molecule has 0 unspecified atom stereocenters. The molecule has 0 radical (unpaired) electrons. The van der Waals surface area contributed by atoms with E-state index in [9.17, 15) is 13.2 Å². The van der Waals surface area contributed by atoms with Crippen LogP contribution < -0.4 is 5.32 Å². The molecule has 0 bridgehead atoms. The van der Waals surface area contributed by atoms with Gasteiger partial charge in [-0.3, -0.25) is 4.79 Å². The minimum absolute atomic E-state index is 0.0767. The number of aromatic nitrogens is 1. The van der Waals surface area contributed by atoms with Gasteiger partial charge >= 0.3 is 0 Å². The van der Waals surface area contributed by atoms with Crippen LogP contribution in [0.2, 0.25) is 0 Å². The van der Waals surface area contributed by atoms with Crippen LogP contribution in [0.4, 0.5) is 0 Å². The number of carbonyl (C=O) groups is 1. The quantitative estimate of drug-likeness (QED) is 0.861. The van der Waals surface area contributed by atoms with E-state index in [0.29, 0.717) is 5.69 Å². The molecule has 1 saturated heterocycles. The molecular formula is C12H18N2O5S. The summed E-state index contributed by atoms with van der Waals surface area (Å²) in [5, 5.41) is 6.42. The normalized spacial score (nSPS) is 25.0. The molecule has 1 aromatic heterocycles. The fraction of sp³-hybridized carbons (Fsp3) is 0.667. The van der Waals surface area contributed by atoms with Crippen molar-refractivity contribution < 1.29 is 22.5 Å². The first-order valence-corrected chi connectivity index (χ1v) is 8.15. The van der Waals surface area contributed by atoms with Crippen molar-refractivity contribution in [3.8, 4) is 0 Å². The number of ether oxygens (including phenoxy) is 1. The monoisotopic (exact) mass is 302 g/mol. The molecule has 0 spiro atoms. The van der Waals surface area contributed by atoms with Crippen LogP contribution in [0.1, 0.15) is 36.0 Å². The first-order chi connectivity index (χ1) is 9.32. The first kappa shape index (κ1) is 15.0. The van der Waals surface area contributed by atoms with Gasteiger partial charge in [-0.25, -0.2) is 8.42 Å². The van der Waals surface area contributed by atoms with Crippen LogP contribution in [-0.2, 0) is 14.6 Å². The maximum absolute atomic E-state index is 12.0. The molecular weight excluding hydrogens is 284 g/mol. The van der Waals surface area contributed by atoms with Crippen LogP contribution >= 0.6 is 0 Å². The Morgan fingerprint density at radius 3 is 2.75 bits per heavy atom. The van der Waals surface area contributed by atoms with Gasteiger partial charge in [0, 0.05) is 13.2 Å². The third-order valence-corrected chi connectivity index (χ3v) is 4.97. The van der Waals surface area contributed by atoms with E-state index in [1.807, 2.05) is 13.8 Å². The summed E-state index contributed by atoms with van der Waals surface area (Å²) in [6.07, 6.45) is -0.531. The number of amides is 1. The van der Waals surface area contributed by atoms with Crippen molar-refractivity contribution in [1.82, 2.24) is 10.5 Å². The number of hydrogen-bond donors (Lipinski definition) is 1. The van der Waals surface area contributed by atoms with Gasteiger partial charge < -0.3 is 14.6 Å². The molecule has 2 rings (SSSR count). The number of sulfone groups is 1. The molecule has 0 aromatic carbocycles. The summed E-state index contributed by atoms with van der Waals surface area (Å²) in [6.45, 7) is 3.87. The highest BCUT2D eigenvalue weighted by Gasteiger charge is 2.39. The topological polar surface area (TPSA) is 98.5 Å². The van der Waals surface area contributed by atoms with Gasteiger partial charge in [0.15, 0.2) is 9.84 Å². The van der Waals surface area contributed by atoms with Crippen LogP contribution in [0.25, 0.3) is 0 Å². The van der Waals surface area contributed by atoms with Crippen molar-refractivity contribution in [2.24, 2.45) is 0 Å². The summed E-state index contributed by atoms with van der Waals surface area (Å²) >= 11 is 0. The predicted molar refractivity (Wildman–Crippen MR) is 71.3 cm³/mol. The van der Waals surface area contributed by atoms with Gasteiger partial charge in [-0.2, -0.15) is 0 Å². The minimum Gasteiger partial charge on any atom is -0.378 e. The fourth-order valence-electron chi connectivity index (χ4n) is 2.09. The van der Waals surface area contributed by atoms with Gasteiger partial charge in [-0.1, -0.05) is 19.0 Å². The second kappa shape index (κ2) is 5.53. The van der Waals surface area contributed by atoms with Crippen molar-refractivity contribution in [3.05, 3.63) is 17.5 Å². The Hall–Kier alpha value is -1.41. The Balaban J connectivity index is 2.07. The molecule has 1 amide bonds. The molecule has 0 saturated carbocycles. The number of carbonyl (C=O) groups excluding carboxylic acids is 1. The zero-order valence-corrected chi connectivity index (χ0v) is 12.4. The van der Waals surface area contributed by atoms with E-state index in [1.54, 1.807) is 6.07 Å². The van der Waals surface area contributed by atoms with Crippen LogP contribution in [0.5, 0.6) is 0 Å². The second-order valence-electron chi connectivity index (χ2n) is 5.20. The number of nitrogens with zero attached hydrogens (tertiary/aromatic N) is 1. The minimum atomic E-state index is -3.18. The molecule has 0 aliphatic carbocycles. The molecule has 1 N–H and O–H groups in total. The van der Waals surface area contributed by atoms with Crippen LogP contribution in [0, 0.1) is 0 Å². The summed E-state index contributed by atoms with van der Waals surface area (Å²) in [6, 6.07) is 0.996. The van der Waals surface area contributed by atoms with E-state index in [1.165, 1.54) is 7.11 Å².